The topological polar surface area (TPSA) is 37.8 Å². The Kier molecular flexibility index (Phi) is 3.99. The molecule has 4 heteroatoms. The summed E-state index contributed by atoms with van der Waals surface area (Å²) in [5, 5.41) is 3.24. The van der Waals surface area contributed by atoms with Gasteiger partial charge >= 0.3 is 0 Å². The van der Waals surface area contributed by atoms with Gasteiger partial charge in [-0.1, -0.05) is 12.1 Å². The molecule has 0 aliphatic heterocycles. The Morgan fingerprint density at radius 3 is 2.28 bits per heavy atom. The average molecular weight is 245 g/mol. The SMILES string of the molecule is Cc1cc(CNCc2ncccn2)cc(C)c1F. The molecular formula is C14H16FN3. The zero-order valence-corrected chi connectivity index (χ0v) is 10.6. The molecule has 0 radical (unpaired) electrons. The van der Waals surface area contributed by atoms with Gasteiger partial charge in [0.05, 0.1) is 6.54 Å². The Hall–Kier alpha value is -1.81. The van der Waals surface area contributed by atoms with Crippen molar-refractivity contribution >= 4 is 0 Å². The number of hydrogen-bond donors (Lipinski definition) is 1. The van der Waals surface area contributed by atoms with Crippen molar-refractivity contribution in [2.75, 3.05) is 0 Å². The number of rotatable bonds is 4. The van der Waals surface area contributed by atoms with Crippen LogP contribution in [0.3, 0.4) is 0 Å². The van der Waals surface area contributed by atoms with Crippen LogP contribution in [-0.2, 0) is 13.1 Å². The Labute approximate surface area is 106 Å². The molecule has 0 unspecified atom stereocenters. The minimum Gasteiger partial charge on any atom is -0.306 e. The van der Waals surface area contributed by atoms with E-state index in [0.29, 0.717) is 24.2 Å². The fraction of sp³-hybridized carbons (Fsp3) is 0.286. The Morgan fingerprint density at radius 2 is 1.67 bits per heavy atom. The fourth-order valence-electron chi connectivity index (χ4n) is 1.88. The number of hydrogen-bond acceptors (Lipinski definition) is 3. The fourth-order valence-corrected chi connectivity index (χ4v) is 1.88. The van der Waals surface area contributed by atoms with E-state index in [9.17, 15) is 4.39 Å². The number of nitrogens with zero attached hydrogens (tertiary/aromatic N) is 2. The highest BCUT2D eigenvalue weighted by molar-refractivity contribution is 5.30. The Balaban J connectivity index is 1.95. The second-order valence-electron chi connectivity index (χ2n) is 4.31. The van der Waals surface area contributed by atoms with Crippen LogP contribution in [0.1, 0.15) is 22.5 Å². The minimum absolute atomic E-state index is 0.120. The van der Waals surface area contributed by atoms with Crippen molar-refractivity contribution in [1.29, 1.82) is 0 Å². The predicted octanol–water partition coefficient (Wildman–Crippen LogP) is 2.52. The van der Waals surface area contributed by atoms with Crippen LogP contribution in [0.5, 0.6) is 0 Å². The summed E-state index contributed by atoms with van der Waals surface area (Å²) in [5.74, 6) is 0.637. The van der Waals surface area contributed by atoms with E-state index in [0.717, 1.165) is 11.4 Å². The number of aromatic nitrogens is 2. The van der Waals surface area contributed by atoms with Crippen molar-refractivity contribution in [3.05, 3.63) is 58.9 Å². The van der Waals surface area contributed by atoms with Gasteiger partial charge in [-0.05, 0) is 36.6 Å². The lowest BCUT2D eigenvalue weighted by Crippen LogP contribution is -2.15. The molecular weight excluding hydrogens is 229 g/mol. The van der Waals surface area contributed by atoms with Gasteiger partial charge in [-0.2, -0.15) is 0 Å². The van der Waals surface area contributed by atoms with Gasteiger partial charge in [-0.3, -0.25) is 0 Å². The number of aryl methyl sites for hydroxylation is 2. The van der Waals surface area contributed by atoms with Gasteiger partial charge in [0.2, 0.25) is 0 Å². The molecule has 1 aromatic carbocycles. The summed E-state index contributed by atoms with van der Waals surface area (Å²) in [6, 6.07) is 5.51. The maximum Gasteiger partial charge on any atom is 0.141 e. The number of benzene rings is 1. The first-order chi connectivity index (χ1) is 8.66. The molecule has 0 aliphatic carbocycles. The van der Waals surface area contributed by atoms with Gasteiger partial charge < -0.3 is 5.32 Å². The van der Waals surface area contributed by atoms with Crippen LogP contribution >= 0.6 is 0 Å². The van der Waals surface area contributed by atoms with Crippen molar-refractivity contribution in [3.8, 4) is 0 Å². The summed E-state index contributed by atoms with van der Waals surface area (Å²) in [6.07, 6.45) is 3.44. The molecule has 1 aromatic heterocycles. The molecule has 0 fully saturated rings. The van der Waals surface area contributed by atoms with E-state index in [1.807, 2.05) is 12.1 Å². The van der Waals surface area contributed by atoms with E-state index < -0.39 is 0 Å². The van der Waals surface area contributed by atoms with Crippen molar-refractivity contribution in [2.45, 2.75) is 26.9 Å². The summed E-state index contributed by atoms with van der Waals surface area (Å²) in [5.41, 5.74) is 2.44. The van der Waals surface area contributed by atoms with Crippen molar-refractivity contribution in [3.63, 3.8) is 0 Å². The molecule has 1 N–H and O–H groups in total. The van der Waals surface area contributed by atoms with Crippen LogP contribution in [0.2, 0.25) is 0 Å². The van der Waals surface area contributed by atoms with Gasteiger partial charge in [0.25, 0.3) is 0 Å². The number of halogens is 1. The molecule has 0 saturated heterocycles. The molecule has 0 amide bonds. The van der Waals surface area contributed by atoms with Crippen LogP contribution in [0.25, 0.3) is 0 Å². The van der Waals surface area contributed by atoms with Crippen molar-refractivity contribution in [1.82, 2.24) is 15.3 Å². The average Bonchev–Trinajstić information content (AvgIpc) is 2.37. The lowest BCUT2D eigenvalue weighted by Gasteiger charge is -2.07. The second-order valence-corrected chi connectivity index (χ2v) is 4.31. The van der Waals surface area contributed by atoms with Crippen LogP contribution in [-0.4, -0.2) is 9.97 Å². The molecule has 18 heavy (non-hydrogen) atoms. The van der Waals surface area contributed by atoms with E-state index in [2.05, 4.69) is 15.3 Å². The third kappa shape index (κ3) is 3.11. The third-order valence-corrected chi connectivity index (χ3v) is 2.73. The van der Waals surface area contributed by atoms with Gasteiger partial charge in [0.1, 0.15) is 11.6 Å². The van der Waals surface area contributed by atoms with Gasteiger partial charge in [0.15, 0.2) is 0 Å². The van der Waals surface area contributed by atoms with Gasteiger partial charge in [-0.25, -0.2) is 14.4 Å². The first-order valence-corrected chi connectivity index (χ1v) is 5.89. The molecule has 2 rings (SSSR count). The molecule has 3 nitrogen and oxygen atoms in total. The summed E-state index contributed by atoms with van der Waals surface area (Å²) in [6.45, 7) is 4.86. The normalized spacial score (nSPS) is 10.6. The largest absolute Gasteiger partial charge is 0.306 e. The summed E-state index contributed by atoms with van der Waals surface area (Å²) >= 11 is 0. The maximum atomic E-state index is 13.5. The monoisotopic (exact) mass is 245 g/mol. The molecule has 2 aromatic rings. The van der Waals surface area contributed by atoms with Crippen molar-refractivity contribution in [2.24, 2.45) is 0 Å². The molecule has 0 atom stereocenters. The zero-order valence-electron chi connectivity index (χ0n) is 10.6. The highest BCUT2D eigenvalue weighted by Crippen LogP contribution is 2.14. The highest BCUT2D eigenvalue weighted by Gasteiger charge is 2.04. The van der Waals surface area contributed by atoms with Gasteiger partial charge in [-0.15, -0.1) is 0 Å². The lowest BCUT2D eigenvalue weighted by molar-refractivity contribution is 0.605. The molecule has 0 spiro atoms. The van der Waals surface area contributed by atoms with Crippen LogP contribution in [0, 0.1) is 19.7 Å². The summed E-state index contributed by atoms with van der Waals surface area (Å²) in [7, 11) is 0. The van der Waals surface area contributed by atoms with Crippen LogP contribution in [0.4, 0.5) is 4.39 Å². The summed E-state index contributed by atoms with van der Waals surface area (Å²) < 4.78 is 13.5. The van der Waals surface area contributed by atoms with E-state index in [1.165, 1.54) is 0 Å². The van der Waals surface area contributed by atoms with E-state index in [4.69, 9.17) is 0 Å². The Bertz CT molecular complexity index is 503. The van der Waals surface area contributed by atoms with Crippen LogP contribution in [0.15, 0.2) is 30.6 Å². The molecule has 94 valence electrons. The zero-order chi connectivity index (χ0) is 13.0. The second kappa shape index (κ2) is 5.69. The third-order valence-electron chi connectivity index (χ3n) is 2.73. The number of nitrogens with one attached hydrogen (secondary N) is 1. The quantitative estimate of drug-likeness (QED) is 0.899. The molecule has 0 saturated carbocycles. The first-order valence-electron chi connectivity index (χ1n) is 5.89. The predicted molar refractivity (Wildman–Crippen MR) is 68.4 cm³/mol. The smallest absolute Gasteiger partial charge is 0.141 e. The standard InChI is InChI=1S/C14H16FN3/c1-10-6-12(7-11(2)14(10)15)8-16-9-13-17-4-3-5-18-13/h3-7,16H,8-9H2,1-2H3. The maximum absolute atomic E-state index is 13.5. The highest BCUT2D eigenvalue weighted by atomic mass is 19.1. The van der Waals surface area contributed by atoms with E-state index >= 15 is 0 Å². The molecule has 1 heterocycles. The van der Waals surface area contributed by atoms with Gasteiger partial charge in [0, 0.05) is 18.9 Å². The van der Waals surface area contributed by atoms with Crippen LogP contribution < -0.4 is 5.32 Å². The molecule has 0 aliphatic rings. The minimum atomic E-state index is -0.120. The lowest BCUT2D eigenvalue weighted by atomic mass is 10.1. The summed E-state index contributed by atoms with van der Waals surface area (Å²) in [4.78, 5) is 8.25. The van der Waals surface area contributed by atoms with E-state index in [1.54, 1.807) is 32.3 Å². The van der Waals surface area contributed by atoms with E-state index in [-0.39, 0.29) is 5.82 Å². The first kappa shape index (κ1) is 12.6. The molecule has 0 bridgehead atoms. The Morgan fingerprint density at radius 1 is 1.06 bits per heavy atom. The van der Waals surface area contributed by atoms with Crippen molar-refractivity contribution < 1.29 is 4.39 Å².